The summed E-state index contributed by atoms with van der Waals surface area (Å²) in [4.78, 5) is 10.8. The van der Waals surface area contributed by atoms with Gasteiger partial charge in [0.15, 0.2) is 9.84 Å². The summed E-state index contributed by atoms with van der Waals surface area (Å²) in [6.07, 6.45) is 0. The van der Waals surface area contributed by atoms with Crippen LogP contribution in [0.4, 0.5) is 11.6 Å². The first kappa shape index (κ1) is 15.0. The van der Waals surface area contributed by atoms with Crippen LogP contribution in [-0.4, -0.2) is 42.5 Å². The number of nitrogen functional groups attached to an aromatic ring is 1. The highest BCUT2D eigenvalue weighted by Gasteiger charge is 2.30. The SMILES string of the molecule is CC1CS(=O)(=O)CCN1c1cc(N)nc(C(C)(C)C)n1. The Morgan fingerprint density at radius 3 is 2.55 bits per heavy atom. The third kappa shape index (κ3) is 3.20. The second-order valence-electron chi connectivity index (χ2n) is 6.38. The molecule has 0 radical (unpaired) electrons. The van der Waals surface area contributed by atoms with Crippen LogP contribution in [-0.2, 0) is 15.3 Å². The van der Waals surface area contributed by atoms with Crippen molar-refractivity contribution in [3.8, 4) is 0 Å². The lowest BCUT2D eigenvalue weighted by atomic mass is 9.96. The van der Waals surface area contributed by atoms with E-state index in [0.29, 0.717) is 24.0 Å². The Balaban J connectivity index is 2.36. The fourth-order valence-electron chi connectivity index (χ4n) is 2.27. The van der Waals surface area contributed by atoms with Crippen molar-refractivity contribution in [1.29, 1.82) is 0 Å². The maximum atomic E-state index is 11.6. The summed E-state index contributed by atoms with van der Waals surface area (Å²) in [6, 6.07) is 1.61. The summed E-state index contributed by atoms with van der Waals surface area (Å²) >= 11 is 0. The zero-order chi connectivity index (χ0) is 15.1. The summed E-state index contributed by atoms with van der Waals surface area (Å²) in [7, 11) is -2.94. The van der Waals surface area contributed by atoms with Crippen molar-refractivity contribution in [1.82, 2.24) is 9.97 Å². The van der Waals surface area contributed by atoms with Crippen LogP contribution in [0.25, 0.3) is 0 Å². The van der Waals surface area contributed by atoms with Crippen LogP contribution in [0, 0.1) is 0 Å². The minimum atomic E-state index is -2.94. The van der Waals surface area contributed by atoms with Gasteiger partial charge in [0, 0.05) is 24.1 Å². The Morgan fingerprint density at radius 2 is 2.00 bits per heavy atom. The zero-order valence-electron chi connectivity index (χ0n) is 12.4. The van der Waals surface area contributed by atoms with Crippen LogP contribution in [0.2, 0.25) is 0 Å². The average Bonchev–Trinajstić information content (AvgIpc) is 2.25. The molecule has 1 unspecified atom stereocenters. The quantitative estimate of drug-likeness (QED) is 0.831. The van der Waals surface area contributed by atoms with E-state index in [0.717, 1.165) is 0 Å². The molecular formula is C13H22N4O2S. The molecule has 0 aromatic carbocycles. The van der Waals surface area contributed by atoms with Crippen molar-refractivity contribution in [2.75, 3.05) is 28.7 Å². The maximum Gasteiger partial charge on any atom is 0.154 e. The molecule has 7 heteroatoms. The van der Waals surface area contributed by atoms with Gasteiger partial charge < -0.3 is 10.6 Å². The molecule has 2 heterocycles. The summed E-state index contributed by atoms with van der Waals surface area (Å²) in [6.45, 7) is 8.41. The molecule has 6 nitrogen and oxygen atoms in total. The molecule has 1 aliphatic rings. The van der Waals surface area contributed by atoms with Crippen LogP contribution in [0.1, 0.15) is 33.5 Å². The Kier molecular flexibility index (Phi) is 3.66. The first-order valence-corrected chi connectivity index (χ1v) is 8.53. The van der Waals surface area contributed by atoms with Gasteiger partial charge in [-0.1, -0.05) is 20.8 Å². The summed E-state index contributed by atoms with van der Waals surface area (Å²) in [5.41, 5.74) is 5.67. The molecule has 0 spiro atoms. The Bertz CT molecular complexity index is 607. The largest absolute Gasteiger partial charge is 0.384 e. The van der Waals surface area contributed by atoms with Gasteiger partial charge >= 0.3 is 0 Å². The fourth-order valence-corrected chi connectivity index (χ4v) is 3.83. The smallest absolute Gasteiger partial charge is 0.154 e. The highest BCUT2D eigenvalue weighted by molar-refractivity contribution is 7.91. The van der Waals surface area contributed by atoms with E-state index < -0.39 is 9.84 Å². The third-order valence-corrected chi connectivity index (χ3v) is 5.16. The molecule has 1 atom stereocenters. The van der Waals surface area contributed by atoms with Crippen molar-refractivity contribution in [3.63, 3.8) is 0 Å². The second-order valence-corrected chi connectivity index (χ2v) is 8.61. The molecule has 0 bridgehead atoms. The number of nitrogens with two attached hydrogens (primary N) is 1. The van der Waals surface area contributed by atoms with Gasteiger partial charge in [0.05, 0.1) is 11.5 Å². The van der Waals surface area contributed by atoms with E-state index in [1.165, 1.54) is 0 Å². The van der Waals surface area contributed by atoms with Crippen LogP contribution >= 0.6 is 0 Å². The van der Waals surface area contributed by atoms with Gasteiger partial charge in [-0.15, -0.1) is 0 Å². The van der Waals surface area contributed by atoms with Crippen LogP contribution < -0.4 is 10.6 Å². The van der Waals surface area contributed by atoms with Gasteiger partial charge in [0.2, 0.25) is 0 Å². The number of nitrogens with zero attached hydrogens (tertiary/aromatic N) is 3. The van der Waals surface area contributed by atoms with E-state index in [2.05, 4.69) is 9.97 Å². The molecule has 112 valence electrons. The van der Waals surface area contributed by atoms with E-state index in [-0.39, 0.29) is 23.0 Å². The normalized spacial score (nSPS) is 22.8. The zero-order valence-corrected chi connectivity index (χ0v) is 13.2. The lowest BCUT2D eigenvalue weighted by molar-refractivity contribution is 0.539. The van der Waals surface area contributed by atoms with Gasteiger partial charge in [-0.3, -0.25) is 0 Å². The van der Waals surface area contributed by atoms with Crippen molar-refractivity contribution in [2.24, 2.45) is 0 Å². The first-order chi connectivity index (χ1) is 9.08. The second kappa shape index (κ2) is 4.87. The molecule has 1 aromatic heterocycles. The maximum absolute atomic E-state index is 11.6. The van der Waals surface area contributed by atoms with E-state index in [4.69, 9.17) is 5.73 Å². The standard InChI is InChI=1S/C13H22N4O2S/c1-9-8-20(18,19)6-5-17(9)11-7-10(14)15-12(16-11)13(2,3)4/h7,9H,5-6,8H2,1-4H3,(H2,14,15,16). The predicted octanol–water partition coefficient (Wildman–Crippen LogP) is 0.980. The topological polar surface area (TPSA) is 89.2 Å². The molecule has 0 saturated carbocycles. The minimum absolute atomic E-state index is 0.101. The lowest BCUT2D eigenvalue weighted by Crippen LogP contribution is -2.47. The van der Waals surface area contributed by atoms with Crippen LogP contribution in [0.15, 0.2) is 6.07 Å². The van der Waals surface area contributed by atoms with Crippen LogP contribution in [0.5, 0.6) is 0 Å². The molecule has 0 aliphatic carbocycles. The molecule has 2 rings (SSSR count). The average molecular weight is 298 g/mol. The summed E-state index contributed by atoms with van der Waals surface area (Å²) < 4.78 is 23.3. The number of sulfone groups is 1. The Hall–Kier alpha value is -1.37. The number of aromatic nitrogens is 2. The molecule has 0 amide bonds. The van der Waals surface area contributed by atoms with Crippen molar-refractivity contribution < 1.29 is 8.42 Å². The monoisotopic (exact) mass is 298 g/mol. The molecular weight excluding hydrogens is 276 g/mol. The molecule has 2 N–H and O–H groups in total. The highest BCUT2D eigenvalue weighted by atomic mass is 32.2. The van der Waals surface area contributed by atoms with E-state index >= 15 is 0 Å². The van der Waals surface area contributed by atoms with E-state index in [1.54, 1.807) is 6.07 Å². The van der Waals surface area contributed by atoms with Crippen molar-refractivity contribution in [3.05, 3.63) is 11.9 Å². The van der Waals surface area contributed by atoms with Crippen molar-refractivity contribution >= 4 is 21.5 Å². The van der Waals surface area contributed by atoms with Gasteiger partial charge in [0.25, 0.3) is 0 Å². The molecule has 20 heavy (non-hydrogen) atoms. The fraction of sp³-hybridized carbons (Fsp3) is 0.692. The van der Waals surface area contributed by atoms with Gasteiger partial charge in [-0.25, -0.2) is 18.4 Å². The van der Waals surface area contributed by atoms with Gasteiger partial charge in [-0.05, 0) is 6.92 Å². The number of hydrogen-bond donors (Lipinski definition) is 1. The van der Waals surface area contributed by atoms with E-state index in [9.17, 15) is 8.42 Å². The van der Waals surface area contributed by atoms with Gasteiger partial charge in [0.1, 0.15) is 17.5 Å². The van der Waals surface area contributed by atoms with Crippen LogP contribution in [0.3, 0.4) is 0 Å². The number of anilines is 2. The molecule has 1 aromatic rings. The summed E-state index contributed by atoms with van der Waals surface area (Å²) in [5, 5.41) is 0. The highest BCUT2D eigenvalue weighted by Crippen LogP contribution is 2.25. The summed E-state index contributed by atoms with van der Waals surface area (Å²) in [5.74, 6) is 2.12. The van der Waals surface area contributed by atoms with E-state index in [1.807, 2.05) is 32.6 Å². The van der Waals surface area contributed by atoms with Gasteiger partial charge in [-0.2, -0.15) is 0 Å². The third-order valence-electron chi connectivity index (χ3n) is 3.37. The van der Waals surface area contributed by atoms with Crippen molar-refractivity contribution in [2.45, 2.75) is 39.2 Å². The molecule has 1 saturated heterocycles. The molecule has 1 aliphatic heterocycles. The number of hydrogen-bond acceptors (Lipinski definition) is 6. The first-order valence-electron chi connectivity index (χ1n) is 6.70. The number of rotatable bonds is 1. The predicted molar refractivity (Wildman–Crippen MR) is 80.6 cm³/mol. The minimum Gasteiger partial charge on any atom is -0.384 e. The lowest BCUT2D eigenvalue weighted by Gasteiger charge is -2.34. The Labute approximate surface area is 120 Å². The molecule has 1 fully saturated rings. The Morgan fingerprint density at radius 1 is 1.35 bits per heavy atom.